The van der Waals surface area contributed by atoms with Crippen molar-refractivity contribution in [3.05, 3.63) is 59.2 Å². The minimum atomic E-state index is 0.414. The van der Waals surface area contributed by atoms with Crippen LogP contribution in [0.15, 0.2) is 42.5 Å². The molecule has 0 radical (unpaired) electrons. The van der Waals surface area contributed by atoms with Gasteiger partial charge >= 0.3 is 0 Å². The molecule has 2 aromatic carbocycles. The summed E-state index contributed by atoms with van der Waals surface area (Å²) in [5.74, 6) is 0. The molecule has 0 amide bonds. The van der Waals surface area contributed by atoms with Crippen molar-refractivity contribution in [1.82, 2.24) is 0 Å². The standard InChI is InChI=1S/C18H22N2S/c1-3-4-5-14-7-9-15(10-8-14)20-17-12-13(2)6-11-16(17)18(19)21/h6-12,20H,3-5H2,1-2H3,(H2,19,21). The molecule has 0 fully saturated rings. The number of hydrogen-bond acceptors (Lipinski definition) is 2. The van der Waals surface area contributed by atoms with Gasteiger partial charge in [-0.05, 0) is 55.2 Å². The smallest absolute Gasteiger partial charge is 0.106 e. The third-order valence-corrected chi connectivity index (χ3v) is 3.71. The highest BCUT2D eigenvalue weighted by atomic mass is 32.1. The Hall–Kier alpha value is -1.87. The highest BCUT2D eigenvalue weighted by Gasteiger charge is 2.06. The molecule has 21 heavy (non-hydrogen) atoms. The van der Waals surface area contributed by atoms with Crippen LogP contribution in [0, 0.1) is 6.92 Å². The van der Waals surface area contributed by atoms with Crippen molar-refractivity contribution in [2.75, 3.05) is 5.32 Å². The first-order chi connectivity index (χ1) is 10.1. The molecule has 2 aromatic rings. The summed E-state index contributed by atoms with van der Waals surface area (Å²) in [7, 11) is 0. The Morgan fingerprint density at radius 1 is 1.14 bits per heavy atom. The molecule has 2 nitrogen and oxygen atoms in total. The van der Waals surface area contributed by atoms with Gasteiger partial charge in [-0.15, -0.1) is 0 Å². The van der Waals surface area contributed by atoms with Gasteiger partial charge in [0.15, 0.2) is 0 Å². The van der Waals surface area contributed by atoms with E-state index < -0.39 is 0 Å². The molecule has 0 saturated carbocycles. The van der Waals surface area contributed by atoms with E-state index in [4.69, 9.17) is 18.0 Å². The molecule has 3 N–H and O–H groups in total. The maximum Gasteiger partial charge on any atom is 0.106 e. The van der Waals surface area contributed by atoms with Gasteiger partial charge in [0.25, 0.3) is 0 Å². The second-order valence-corrected chi connectivity index (χ2v) is 5.78. The van der Waals surface area contributed by atoms with Crippen LogP contribution in [0.2, 0.25) is 0 Å². The van der Waals surface area contributed by atoms with E-state index in [9.17, 15) is 0 Å². The summed E-state index contributed by atoms with van der Waals surface area (Å²) in [5.41, 5.74) is 11.2. The van der Waals surface area contributed by atoms with E-state index in [0.717, 1.165) is 23.4 Å². The lowest BCUT2D eigenvalue weighted by molar-refractivity contribution is 0.795. The van der Waals surface area contributed by atoms with Gasteiger partial charge in [0.05, 0.1) is 0 Å². The number of nitrogens with two attached hydrogens (primary N) is 1. The number of aryl methyl sites for hydroxylation is 2. The fraction of sp³-hybridized carbons (Fsp3) is 0.278. The maximum atomic E-state index is 5.79. The first kappa shape index (κ1) is 15.5. The summed E-state index contributed by atoms with van der Waals surface area (Å²) in [6.07, 6.45) is 3.59. The number of rotatable bonds is 6. The molecule has 0 heterocycles. The summed E-state index contributed by atoms with van der Waals surface area (Å²) in [6, 6.07) is 14.6. The van der Waals surface area contributed by atoms with Crippen LogP contribution in [0.1, 0.15) is 36.5 Å². The predicted octanol–water partition coefficient (Wildman–Crippen LogP) is 4.72. The van der Waals surface area contributed by atoms with Crippen molar-refractivity contribution in [3.8, 4) is 0 Å². The second kappa shape index (κ2) is 7.23. The van der Waals surface area contributed by atoms with E-state index in [1.165, 1.54) is 24.0 Å². The summed E-state index contributed by atoms with van der Waals surface area (Å²) >= 11 is 5.12. The fourth-order valence-electron chi connectivity index (χ4n) is 2.27. The van der Waals surface area contributed by atoms with Crippen LogP contribution < -0.4 is 11.1 Å². The van der Waals surface area contributed by atoms with E-state index in [2.05, 4.69) is 49.5 Å². The topological polar surface area (TPSA) is 38.0 Å². The highest BCUT2D eigenvalue weighted by molar-refractivity contribution is 7.80. The van der Waals surface area contributed by atoms with Gasteiger partial charge in [0, 0.05) is 16.9 Å². The van der Waals surface area contributed by atoms with Gasteiger partial charge < -0.3 is 11.1 Å². The summed E-state index contributed by atoms with van der Waals surface area (Å²) < 4.78 is 0. The van der Waals surface area contributed by atoms with Crippen LogP contribution >= 0.6 is 12.2 Å². The molecule has 0 unspecified atom stereocenters. The molecule has 3 heteroatoms. The quantitative estimate of drug-likeness (QED) is 0.758. The van der Waals surface area contributed by atoms with Crippen molar-refractivity contribution in [3.63, 3.8) is 0 Å². The number of anilines is 2. The van der Waals surface area contributed by atoms with Gasteiger partial charge in [-0.25, -0.2) is 0 Å². The zero-order chi connectivity index (χ0) is 15.2. The van der Waals surface area contributed by atoms with Gasteiger partial charge in [0.1, 0.15) is 4.99 Å². The van der Waals surface area contributed by atoms with Crippen LogP contribution in [-0.2, 0) is 6.42 Å². The normalized spacial score (nSPS) is 10.4. The van der Waals surface area contributed by atoms with Gasteiger partial charge in [-0.2, -0.15) is 0 Å². The molecule has 0 aliphatic heterocycles. The Morgan fingerprint density at radius 2 is 1.86 bits per heavy atom. The van der Waals surface area contributed by atoms with E-state index in [0.29, 0.717) is 4.99 Å². The van der Waals surface area contributed by atoms with Crippen molar-refractivity contribution in [1.29, 1.82) is 0 Å². The predicted molar refractivity (Wildman–Crippen MR) is 95.4 cm³/mol. The van der Waals surface area contributed by atoms with Crippen molar-refractivity contribution >= 4 is 28.6 Å². The van der Waals surface area contributed by atoms with Gasteiger partial charge in [-0.1, -0.05) is 43.8 Å². The molecular weight excluding hydrogens is 276 g/mol. The van der Waals surface area contributed by atoms with Gasteiger partial charge in [-0.3, -0.25) is 0 Å². The molecule has 0 aliphatic carbocycles. The van der Waals surface area contributed by atoms with E-state index >= 15 is 0 Å². The first-order valence-electron chi connectivity index (χ1n) is 7.36. The average molecular weight is 298 g/mol. The molecular formula is C18H22N2S. The third-order valence-electron chi connectivity index (χ3n) is 3.49. The van der Waals surface area contributed by atoms with E-state index in [1.54, 1.807) is 0 Å². The average Bonchev–Trinajstić information content (AvgIpc) is 2.46. The zero-order valence-electron chi connectivity index (χ0n) is 12.6. The van der Waals surface area contributed by atoms with Crippen LogP contribution in [0.3, 0.4) is 0 Å². The lowest BCUT2D eigenvalue weighted by atomic mass is 10.1. The summed E-state index contributed by atoms with van der Waals surface area (Å²) in [4.78, 5) is 0.414. The van der Waals surface area contributed by atoms with E-state index in [1.807, 2.05) is 12.1 Å². The Kier molecular flexibility index (Phi) is 5.34. The fourth-order valence-corrected chi connectivity index (χ4v) is 2.45. The molecule has 110 valence electrons. The molecule has 0 atom stereocenters. The molecule has 2 rings (SSSR count). The van der Waals surface area contributed by atoms with Crippen molar-refractivity contribution < 1.29 is 0 Å². The Balaban J connectivity index is 2.18. The number of nitrogens with one attached hydrogen (secondary N) is 1. The van der Waals surface area contributed by atoms with E-state index in [-0.39, 0.29) is 0 Å². The molecule has 0 aliphatic rings. The Morgan fingerprint density at radius 3 is 2.48 bits per heavy atom. The zero-order valence-corrected chi connectivity index (χ0v) is 13.5. The highest BCUT2D eigenvalue weighted by Crippen LogP contribution is 2.23. The van der Waals surface area contributed by atoms with Crippen molar-refractivity contribution in [2.45, 2.75) is 33.1 Å². The molecule has 0 bridgehead atoms. The maximum absolute atomic E-state index is 5.79. The lowest BCUT2D eigenvalue weighted by Gasteiger charge is -2.13. The molecule has 0 saturated heterocycles. The number of unbranched alkanes of at least 4 members (excludes halogenated alkanes) is 1. The van der Waals surface area contributed by atoms with Crippen LogP contribution in [0.4, 0.5) is 11.4 Å². The van der Waals surface area contributed by atoms with Crippen LogP contribution in [0.5, 0.6) is 0 Å². The largest absolute Gasteiger partial charge is 0.389 e. The second-order valence-electron chi connectivity index (χ2n) is 5.34. The summed E-state index contributed by atoms with van der Waals surface area (Å²) in [6.45, 7) is 4.27. The Bertz CT molecular complexity index is 618. The minimum absolute atomic E-state index is 0.414. The molecule has 0 aromatic heterocycles. The van der Waals surface area contributed by atoms with Crippen LogP contribution in [-0.4, -0.2) is 4.99 Å². The minimum Gasteiger partial charge on any atom is -0.389 e. The number of hydrogen-bond donors (Lipinski definition) is 2. The number of benzene rings is 2. The third kappa shape index (κ3) is 4.30. The SMILES string of the molecule is CCCCc1ccc(Nc2cc(C)ccc2C(N)=S)cc1. The first-order valence-corrected chi connectivity index (χ1v) is 7.77. The number of thiocarbonyl (C=S) groups is 1. The summed E-state index contributed by atoms with van der Waals surface area (Å²) in [5, 5.41) is 3.41. The van der Waals surface area contributed by atoms with Crippen molar-refractivity contribution in [2.24, 2.45) is 5.73 Å². The monoisotopic (exact) mass is 298 g/mol. The molecule has 0 spiro atoms. The Labute approximate surface area is 132 Å². The lowest BCUT2D eigenvalue weighted by Crippen LogP contribution is -2.12. The van der Waals surface area contributed by atoms with Crippen LogP contribution in [0.25, 0.3) is 0 Å². The van der Waals surface area contributed by atoms with Gasteiger partial charge in [0.2, 0.25) is 0 Å².